The highest BCUT2D eigenvalue weighted by atomic mass is 16.3. The third kappa shape index (κ3) is 3.83. The van der Waals surface area contributed by atoms with E-state index in [1.165, 1.54) is 0 Å². The number of hydrogen-bond acceptors (Lipinski definition) is 3. The summed E-state index contributed by atoms with van der Waals surface area (Å²) in [4.78, 5) is 17.2. The molecule has 118 valence electrons. The molecule has 4 nitrogen and oxygen atoms in total. The number of aliphatic hydroxyl groups is 1. The molecule has 1 aromatic carbocycles. The number of amides is 1. The van der Waals surface area contributed by atoms with Gasteiger partial charge in [-0.2, -0.15) is 0 Å². The van der Waals surface area contributed by atoms with Crippen molar-refractivity contribution in [3.8, 4) is 0 Å². The van der Waals surface area contributed by atoms with Gasteiger partial charge in [0.1, 0.15) is 0 Å². The molecule has 4 heteroatoms. The lowest BCUT2D eigenvalue weighted by Crippen LogP contribution is -2.29. The molecule has 0 saturated heterocycles. The number of carbonyl (C=O) groups is 1. The van der Waals surface area contributed by atoms with Crippen molar-refractivity contribution in [1.29, 1.82) is 0 Å². The Morgan fingerprint density at radius 1 is 1.27 bits per heavy atom. The molecule has 22 heavy (non-hydrogen) atoms. The molecule has 0 radical (unpaired) electrons. The Hall–Kier alpha value is -1.94. The van der Waals surface area contributed by atoms with Gasteiger partial charge in [0.15, 0.2) is 0 Å². The minimum Gasteiger partial charge on any atom is -0.396 e. The van der Waals surface area contributed by atoms with Gasteiger partial charge in [-0.1, -0.05) is 39.0 Å². The predicted octanol–water partition coefficient (Wildman–Crippen LogP) is 3.11. The van der Waals surface area contributed by atoms with Crippen molar-refractivity contribution in [1.82, 2.24) is 10.3 Å². The van der Waals surface area contributed by atoms with Gasteiger partial charge in [0.2, 0.25) is 0 Å². The first-order valence-electron chi connectivity index (χ1n) is 7.81. The van der Waals surface area contributed by atoms with Gasteiger partial charge in [-0.25, -0.2) is 0 Å². The van der Waals surface area contributed by atoms with Crippen LogP contribution in [0.1, 0.15) is 49.2 Å². The predicted molar refractivity (Wildman–Crippen MR) is 89.0 cm³/mol. The first-order chi connectivity index (χ1) is 10.5. The lowest BCUT2D eigenvalue weighted by atomic mass is 10.0. The van der Waals surface area contributed by atoms with Gasteiger partial charge in [-0.3, -0.25) is 9.78 Å². The lowest BCUT2D eigenvalue weighted by molar-refractivity contribution is 0.0947. The summed E-state index contributed by atoms with van der Waals surface area (Å²) in [6, 6.07) is 9.61. The second kappa shape index (κ2) is 7.36. The molecular weight excluding hydrogens is 276 g/mol. The second-order valence-electron chi connectivity index (χ2n) is 6.09. The zero-order chi connectivity index (χ0) is 16.1. The minimum absolute atomic E-state index is 0.0784. The molecule has 2 N–H and O–H groups in total. The summed E-state index contributed by atoms with van der Waals surface area (Å²) >= 11 is 0. The largest absolute Gasteiger partial charge is 0.396 e. The summed E-state index contributed by atoms with van der Waals surface area (Å²) in [5, 5.41) is 12.8. The van der Waals surface area contributed by atoms with Gasteiger partial charge >= 0.3 is 0 Å². The molecule has 0 aliphatic rings. The van der Waals surface area contributed by atoms with Crippen molar-refractivity contribution in [3.05, 3.63) is 41.6 Å². The lowest BCUT2D eigenvalue weighted by Gasteiger charge is -2.14. The fourth-order valence-corrected chi connectivity index (χ4v) is 2.36. The molecule has 1 atom stereocenters. The van der Waals surface area contributed by atoms with Crippen LogP contribution in [0, 0.1) is 5.92 Å². The van der Waals surface area contributed by atoms with Gasteiger partial charge in [0, 0.05) is 24.2 Å². The van der Waals surface area contributed by atoms with Crippen LogP contribution in [0.2, 0.25) is 0 Å². The van der Waals surface area contributed by atoms with Crippen molar-refractivity contribution in [2.24, 2.45) is 5.92 Å². The average molecular weight is 300 g/mol. The zero-order valence-corrected chi connectivity index (χ0v) is 13.5. The number of pyridine rings is 1. The molecule has 1 unspecified atom stereocenters. The van der Waals surface area contributed by atoms with Crippen molar-refractivity contribution in [2.75, 3.05) is 13.2 Å². The van der Waals surface area contributed by atoms with Crippen LogP contribution in [-0.4, -0.2) is 29.1 Å². The molecule has 0 aliphatic carbocycles. The van der Waals surface area contributed by atoms with Crippen molar-refractivity contribution in [2.45, 2.75) is 33.1 Å². The van der Waals surface area contributed by atoms with E-state index in [1.807, 2.05) is 37.3 Å². The van der Waals surface area contributed by atoms with E-state index in [-0.39, 0.29) is 24.3 Å². The number of fused-ring (bicyclic) bond motifs is 1. The first-order valence-corrected chi connectivity index (χ1v) is 7.81. The molecule has 0 bridgehead atoms. The molecule has 2 rings (SSSR count). The van der Waals surface area contributed by atoms with Gasteiger partial charge in [-0.15, -0.1) is 0 Å². The maximum Gasteiger partial charge on any atom is 0.252 e. The summed E-state index contributed by atoms with van der Waals surface area (Å²) in [5.41, 5.74) is 2.44. The van der Waals surface area contributed by atoms with Crippen molar-refractivity contribution in [3.63, 3.8) is 0 Å². The highest BCUT2D eigenvalue weighted by Crippen LogP contribution is 2.22. The number of benzene rings is 1. The summed E-state index contributed by atoms with van der Waals surface area (Å²) < 4.78 is 0. The van der Waals surface area contributed by atoms with Crippen LogP contribution in [0.5, 0.6) is 0 Å². The molecule has 0 fully saturated rings. The van der Waals surface area contributed by atoms with E-state index in [0.29, 0.717) is 18.5 Å². The van der Waals surface area contributed by atoms with Crippen LogP contribution in [0.15, 0.2) is 30.3 Å². The van der Waals surface area contributed by atoms with E-state index in [4.69, 9.17) is 5.11 Å². The number of hydrogen-bond donors (Lipinski definition) is 2. The summed E-state index contributed by atoms with van der Waals surface area (Å²) in [7, 11) is 0. The van der Waals surface area contributed by atoms with Crippen LogP contribution in [0.3, 0.4) is 0 Å². The van der Waals surface area contributed by atoms with E-state index < -0.39 is 0 Å². The number of aromatic nitrogens is 1. The third-order valence-electron chi connectivity index (χ3n) is 3.81. The van der Waals surface area contributed by atoms with E-state index in [2.05, 4.69) is 24.1 Å². The highest BCUT2D eigenvalue weighted by Gasteiger charge is 2.14. The number of para-hydroxylation sites is 1. The van der Waals surface area contributed by atoms with Crippen molar-refractivity contribution < 1.29 is 9.90 Å². The Morgan fingerprint density at radius 3 is 2.68 bits per heavy atom. The minimum atomic E-state index is -0.0784. The quantitative estimate of drug-likeness (QED) is 0.861. The van der Waals surface area contributed by atoms with E-state index in [1.54, 1.807) is 0 Å². The first kappa shape index (κ1) is 16.4. The highest BCUT2D eigenvalue weighted by molar-refractivity contribution is 6.06. The number of carbonyl (C=O) groups excluding carboxylic acids is 1. The Bertz CT molecular complexity index is 653. The topological polar surface area (TPSA) is 62.2 Å². The third-order valence-corrected chi connectivity index (χ3v) is 3.81. The monoisotopic (exact) mass is 300 g/mol. The van der Waals surface area contributed by atoms with E-state index >= 15 is 0 Å². The molecular formula is C18H24N2O2. The summed E-state index contributed by atoms with van der Waals surface area (Å²) in [6.07, 6.45) is 0.689. The number of nitrogens with zero attached hydrogens (tertiary/aromatic N) is 1. The molecule has 1 aromatic heterocycles. The van der Waals surface area contributed by atoms with Gasteiger partial charge < -0.3 is 10.4 Å². The fourth-order valence-electron chi connectivity index (χ4n) is 2.36. The Kier molecular flexibility index (Phi) is 5.50. The Labute approximate surface area is 131 Å². The molecule has 0 aliphatic heterocycles. The Morgan fingerprint density at radius 2 is 2.00 bits per heavy atom. The fraction of sp³-hybridized carbons (Fsp3) is 0.444. The van der Waals surface area contributed by atoms with Crippen LogP contribution < -0.4 is 5.32 Å². The average Bonchev–Trinajstić information content (AvgIpc) is 2.51. The maximum absolute atomic E-state index is 12.5. The van der Waals surface area contributed by atoms with Gasteiger partial charge in [0.05, 0.1) is 11.1 Å². The molecule has 1 amide bonds. The molecule has 0 spiro atoms. The number of aliphatic hydroxyl groups excluding tert-OH is 1. The van der Waals surface area contributed by atoms with Gasteiger partial charge in [0.25, 0.3) is 5.91 Å². The standard InChI is InChI=1S/C18H24N2O2/c1-12(2)17-10-15(14-6-4-5-7-16(14)20-17)18(22)19-11-13(3)8-9-21/h4-7,10,12-13,21H,8-9,11H2,1-3H3,(H,19,22). The van der Waals surface area contributed by atoms with E-state index in [9.17, 15) is 4.79 Å². The zero-order valence-electron chi connectivity index (χ0n) is 13.5. The number of nitrogens with one attached hydrogen (secondary N) is 1. The van der Waals surface area contributed by atoms with E-state index in [0.717, 1.165) is 16.6 Å². The second-order valence-corrected chi connectivity index (χ2v) is 6.09. The van der Waals surface area contributed by atoms with Crippen LogP contribution in [0.25, 0.3) is 10.9 Å². The number of rotatable bonds is 6. The van der Waals surface area contributed by atoms with Crippen molar-refractivity contribution >= 4 is 16.8 Å². The summed E-state index contributed by atoms with van der Waals surface area (Å²) in [5.74, 6) is 0.446. The van der Waals surface area contributed by atoms with Crippen LogP contribution >= 0.6 is 0 Å². The smallest absolute Gasteiger partial charge is 0.252 e. The summed E-state index contributed by atoms with van der Waals surface area (Å²) in [6.45, 7) is 6.87. The van der Waals surface area contributed by atoms with Crippen LogP contribution in [0.4, 0.5) is 0 Å². The molecule has 2 aromatic rings. The molecule has 0 saturated carbocycles. The Balaban J connectivity index is 2.30. The van der Waals surface area contributed by atoms with Crippen LogP contribution in [-0.2, 0) is 0 Å². The normalized spacial score (nSPS) is 12.6. The molecule has 1 heterocycles. The SMILES string of the molecule is CC(CCO)CNC(=O)c1cc(C(C)C)nc2ccccc12. The van der Waals surface area contributed by atoms with Gasteiger partial charge in [-0.05, 0) is 30.4 Å². The maximum atomic E-state index is 12.5.